The third-order valence-corrected chi connectivity index (χ3v) is 7.07. The average molecular weight is 509 g/mol. The topological polar surface area (TPSA) is 65.0 Å². The zero-order valence-corrected chi connectivity index (χ0v) is 24.3. The molecule has 206 valence electrons. The number of ether oxygens (including phenoxy) is 1. The fraction of sp³-hybridized carbons (Fsp3) is 1.00. The minimum Gasteiger partial charge on any atom is -0.381 e. The quantitative estimate of drug-likeness (QED) is 0.0735. The molecule has 7 heteroatoms. The normalized spacial score (nSPS) is 14.9. The Balaban J connectivity index is 3.37. The average Bonchev–Trinajstić information content (AvgIpc) is 2.76. The summed E-state index contributed by atoms with van der Waals surface area (Å²) in [6, 6.07) is 0. The van der Waals surface area contributed by atoms with E-state index in [4.69, 9.17) is 13.8 Å². The number of phosphoric ester groups is 1. The summed E-state index contributed by atoms with van der Waals surface area (Å²) >= 11 is 0. The predicted molar refractivity (Wildman–Crippen MR) is 144 cm³/mol. The van der Waals surface area contributed by atoms with Gasteiger partial charge in [0.05, 0.1) is 34.4 Å². The first kappa shape index (κ1) is 34.0. The van der Waals surface area contributed by atoms with Gasteiger partial charge in [-0.2, -0.15) is 0 Å². The molecule has 0 aromatic carbocycles. The second kappa shape index (κ2) is 22.2. The van der Waals surface area contributed by atoms with Crippen LogP contribution in [0.4, 0.5) is 0 Å². The number of likely N-dealkylation sites (N-methyl/N-ethyl adjacent to an activating group) is 1. The Hall–Kier alpha value is 0.0300. The van der Waals surface area contributed by atoms with E-state index in [0.29, 0.717) is 17.6 Å². The first-order valence-electron chi connectivity index (χ1n) is 14.2. The van der Waals surface area contributed by atoms with Crippen molar-refractivity contribution in [2.45, 2.75) is 117 Å². The first-order valence-corrected chi connectivity index (χ1v) is 15.7. The van der Waals surface area contributed by atoms with Gasteiger partial charge in [0.15, 0.2) is 0 Å². The van der Waals surface area contributed by atoms with Crippen molar-refractivity contribution >= 4 is 7.82 Å². The molecule has 0 aromatic heterocycles. The van der Waals surface area contributed by atoms with Crippen molar-refractivity contribution in [3.05, 3.63) is 0 Å². The molecule has 0 heterocycles. The van der Waals surface area contributed by atoms with Gasteiger partial charge in [0.1, 0.15) is 13.2 Å². The van der Waals surface area contributed by atoms with Gasteiger partial charge >= 0.3 is 7.82 Å². The van der Waals surface area contributed by atoms with Gasteiger partial charge in [-0.05, 0) is 6.42 Å². The lowest BCUT2D eigenvalue weighted by molar-refractivity contribution is -0.870. The molecular formula is C27H59NO5P+. The van der Waals surface area contributed by atoms with Crippen LogP contribution in [-0.2, 0) is 18.3 Å². The van der Waals surface area contributed by atoms with Gasteiger partial charge in [-0.1, -0.05) is 110 Å². The van der Waals surface area contributed by atoms with E-state index in [9.17, 15) is 9.46 Å². The molecule has 0 rings (SSSR count). The summed E-state index contributed by atoms with van der Waals surface area (Å²) < 4.78 is 28.4. The fourth-order valence-corrected chi connectivity index (χ4v) is 4.60. The number of quaternary nitrogens is 1. The first-order chi connectivity index (χ1) is 16.2. The molecule has 6 nitrogen and oxygen atoms in total. The van der Waals surface area contributed by atoms with Crippen LogP contribution in [0.2, 0.25) is 0 Å². The molecule has 0 aliphatic heterocycles. The van der Waals surface area contributed by atoms with E-state index in [2.05, 4.69) is 6.92 Å². The summed E-state index contributed by atoms with van der Waals surface area (Å²) in [5, 5.41) is 0. The molecular weight excluding hydrogens is 449 g/mol. The van der Waals surface area contributed by atoms with Gasteiger partial charge in [-0.25, -0.2) is 4.57 Å². The molecule has 2 unspecified atom stereocenters. The van der Waals surface area contributed by atoms with Gasteiger partial charge in [0, 0.05) is 12.5 Å². The minimum absolute atomic E-state index is 0.0588. The molecule has 2 atom stereocenters. The summed E-state index contributed by atoms with van der Waals surface area (Å²) in [5.74, 6) is 0.0588. The summed E-state index contributed by atoms with van der Waals surface area (Å²) in [6.45, 7) is 6.53. The van der Waals surface area contributed by atoms with Gasteiger partial charge in [-0.3, -0.25) is 9.05 Å². The molecule has 0 spiro atoms. The van der Waals surface area contributed by atoms with Gasteiger partial charge in [0.25, 0.3) is 0 Å². The molecule has 0 fully saturated rings. The van der Waals surface area contributed by atoms with Crippen molar-refractivity contribution in [1.82, 2.24) is 0 Å². The Morgan fingerprint density at radius 2 is 1.12 bits per heavy atom. The van der Waals surface area contributed by atoms with Crippen LogP contribution < -0.4 is 0 Å². The van der Waals surface area contributed by atoms with Crippen LogP contribution in [0.3, 0.4) is 0 Å². The Morgan fingerprint density at radius 1 is 0.676 bits per heavy atom. The van der Waals surface area contributed by atoms with Crippen LogP contribution in [0.25, 0.3) is 0 Å². The Bertz CT molecular complexity index is 484. The van der Waals surface area contributed by atoms with Crippen LogP contribution in [0, 0.1) is 5.92 Å². The summed E-state index contributed by atoms with van der Waals surface area (Å²) in [6.07, 6.45) is 21.8. The fourth-order valence-electron chi connectivity index (χ4n) is 3.77. The van der Waals surface area contributed by atoms with E-state index >= 15 is 0 Å². The van der Waals surface area contributed by atoms with Crippen molar-refractivity contribution in [3.63, 3.8) is 0 Å². The van der Waals surface area contributed by atoms with Crippen molar-refractivity contribution in [2.24, 2.45) is 5.92 Å². The SMILES string of the molecule is CCCCCCCCCCCCCCCCCCOCC(C)COP(=O)(O)OCC[N+](C)(C)C. The Kier molecular flexibility index (Phi) is 22.3. The molecule has 0 saturated carbocycles. The standard InChI is InChI=1S/C27H58NO5P/c1-6-7-8-9-10-11-12-13-14-15-16-17-18-19-20-21-23-31-25-27(2)26-33-34(29,30)32-24-22-28(3,4)5/h27H,6-26H2,1-5H3/p+1. The van der Waals surface area contributed by atoms with E-state index in [1.54, 1.807) is 0 Å². The van der Waals surface area contributed by atoms with Crippen LogP contribution in [0.5, 0.6) is 0 Å². The van der Waals surface area contributed by atoms with Gasteiger partial charge in [-0.15, -0.1) is 0 Å². The third-order valence-electron chi connectivity index (χ3n) is 6.08. The monoisotopic (exact) mass is 508 g/mol. The number of phosphoric acid groups is 1. The van der Waals surface area contributed by atoms with E-state index in [1.165, 1.54) is 96.3 Å². The number of hydrogen-bond acceptors (Lipinski definition) is 4. The minimum atomic E-state index is -3.98. The van der Waals surface area contributed by atoms with E-state index < -0.39 is 7.82 Å². The number of unbranched alkanes of at least 4 members (excludes halogenated alkanes) is 15. The maximum absolute atomic E-state index is 11.9. The molecule has 0 amide bonds. The van der Waals surface area contributed by atoms with Gasteiger partial charge < -0.3 is 14.1 Å². The predicted octanol–water partition coefficient (Wildman–Crippen LogP) is 7.74. The maximum atomic E-state index is 11.9. The number of rotatable bonds is 26. The van der Waals surface area contributed by atoms with Crippen LogP contribution in [0.1, 0.15) is 117 Å². The van der Waals surface area contributed by atoms with Gasteiger partial charge in [0.2, 0.25) is 0 Å². The Morgan fingerprint density at radius 3 is 1.56 bits per heavy atom. The molecule has 1 N–H and O–H groups in total. The Labute approximate surface area is 212 Å². The summed E-state index contributed by atoms with van der Waals surface area (Å²) in [5.41, 5.74) is 0. The summed E-state index contributed by atoms with van der Waals surface area (Å²) in [4.78, 5) is 9.75. The van der Waals surface area contributed by atoms with Crippen LogP contribution >= 0.6 is 7.82 Å². The van der Waals surface area contributed by atoms with Crippen molar-refractivity contribution in [2.75, 3.05) is 54.1 Å². The molecule has 0 radical (unpaired) electrons. The molecule has 0 bridgehead atoms. The lowest BCUT2D eigenvalue weighted by atomic mass is 10.0. The highest BCUT2D eigenvalue weighted by Gasteiger charge is 2.23. The molecule has 34 heavy (non-hydrogen) atoms. The third kappa shape index (κ3) is 26.6. The number of hydrogen-bond donors (Lipinski definition) is 1. The zero-order chi connectivity index (χ0) is 25.5. The smallest absolute Gasteiger partial charge is 0.381 e. The zero-order valence-electron chi connectivity index (χ0n) is 23.4. The maximum Gasteiger partial charge on any atom is 0.472 e. The second-order valence-corrected chi connectivity index (χ2v) is 12.5. The summed E-state index contributed by atoms with van der Waals surface area (Å²) in [7, 11) is 2.04. The lowest BCUT2D eigenvalue weighted by Gasteiger charge is -2.24. The van der Waals surface area contributed by atoms with E-state index in [0.717, 1.165) is 13.0 Å². The van der Waals surface area contributed by atoms with E-state index in [1.807, 2.05) is 28.1 Å². The molecule has 0 aliphatic carbocycles. The lowest BCUT2D eigenvalue weighted by Crippen LogP contribution is -2.37. The number of nitrogens with zero attached hydrogens (tertiary/aromatic N) is 1. The van der Waals surface area contributed by atoms with E-state index in [-0.39, 0.29) is 19.1 Å². The highest BCUT2D eigenvalue weighted by molar-refractivity contribution is 7.47. The van der Waals surface area contributed by atoms with Crippen molar-refractivity contribution < 1.29 is 27.7 Å². The largest absolute Gasteiger partial charge is 0.472 e. The molecule has 0 aliphatic rings. The van der Waals surface area contributed by atoms with Crippen molar-refractivity contribution in [3.8, 4) is 0 Å². The molecule has 0 aromatic rings. The van der Waals surface area contributed by atoms with Crippen LogP contribution in [0.15, 0.2) is 0 Å². The highest BCUT2D eigenvalue weighted by atomic mass is 31.2. The van der Waals surface area contributed by atoms with Crippen LogP contribution in [-0.4, -0.2) is 63.5 Å². The van der Waals surface area contributed by atoms with Crippen molar-refractivity contribution in [1.29, 1.82) is 0 Å². The molecule has 0 saturated heterocycles. The second-order valence-electron chi connectivity index (χ2n) is 11.1. The highest BCUT2D eigenvalue weighted by Crippen LogP contribution is 2.43.